The summed E-state index contributed by atoms with van der Waals surface area (Å²) in [4.78, 5) is 0. The Hall–Kier alpha value is -1.52. The Morgan fingerprint density at radius 3 is 2.86 bits per heavy atom. The third kappa shape index (κ3) is 4.48. The van der Waals surface area contributed by atoms with Crippen LogP contribution < -0.4 is 10.1 Å². The van der Waals surface area contributed by atoms with Crippen LogP contribution in [0.2, 0.25) is 5.02 Å². The summed E-state index contributed by atoms with van der Waals surface area (Å²) >= 11 is 6.30. The lowest BCUT2D eigenvalue weighted by atomic mass is 10.1. The minimum atomic E-state index is 0.597. The maximum Gasteiger partial charge on any atom is 0.165 e. The first-order chi connectivity index (χ1) is 10.1. The molecule has 0 fully saturated rings. The Balaban J connectivity index is 2.12. The Bertz CT molecular complexity index is 581. The van der Waals surface area contributed by atoms with Crippen LogP contribution in [-0.2, 0) is 13.1 Å². The topological polar surface area (TPSA) is 39.1 Å². The molecule has 2 aromatic rings. The van der Waals surface area contributed by atoms with Gasteiger partial charge in [-0.1, -0.05) is 31.5 Å². The lowest BCUT2D eigenvalue weighted by Crippen LogP contribution is -2.19. The van der Waals surface area contributed by atoms with E-state index < -0.39 is 0 Å². The van der Waals surface area contributed by atoms with E-state index in [9.17, 15) is 0 Å². The van der Waals surface area contributed by atoms with Crippen molar-refractivity contribution in [2.45, 2.75) is 33.9 Å². The second-order valence-corrected chi connectivity index (χ2v) is 5.78. The molecule has 0 aliphatic carbocycles. The molecule has 5 heteroatoms. The van der Waals surface area contributed by atoms with Gasteiger partial charge in [-0.3, -0.25) is 4.68 Å². The van der Waals surface area contributed by atoms with Crippen molar-refractivity contribution in [2.24, 2.45) is 5.92 Å². The van der Waals surface area contributed by atoms with E-state index in [1.807, 2.05) is 36.0 Å². The van der Waals surface area contributed by atoms with Crippen molar-refractivity contribution < 1.29 is 4.74 Å². The van der Waals surface area contributed by atoms with Crippen molar-refractivity contribution >= 4 is 11.6 Å². The number of rotatable bonds is 7. The molecule has 1 aromatic carbocycles. The third-order valence-corrected chi connectivity index (χ3v) is 3.45. The number of benzene rings is 1. The van der Waals surface area contributed by atoms with E-state index in [0.29, 0.717) is 17.5 Å². The maximum absolute atomic E-state index is 6.30. The van der Waals surface area contributed by atoms with Gasteiger partial charge in [-0.2, -0.15) is 5.10 Å². The number of halogens is 1. The summed E-state index contributed by atoms with van der Waals surface area (Å²) in [7, 11) is 0. The number of hydrogen-bond donors (Lipinski definition) is 1. The zero-order valence-electron chi connectivity index (χ0n) is 12.8. The highest BCUT2D eigenvalue weighted by molar-refractivity contribution is 6.31. The standard InChI is InChI=1S/C16H22ClN3O/c1-4-20-11-13(9-19-20)21-16-7-5-6-15(17)14(16)10-18-8-12(2)3/h5-7,9,11-12,18H,4,8,10H2,1-3H3. The maximum atomic E-state index is 6.30. The SMILES string of the molecule is CCn1cc(Oc2cccc(Cl)c2CNCC(C)C)cn1. The highest BCUT2D eigenvalue weighted by Gasteiger charge is 2.10. The second kappa shape index (κ2) is 7.48. The molecular weight excluding hydrogens is 286 g/mol. The van der Waals surface area contributed by atoms with Crippen molar-refractivity contribution in [3.8, 4) is 11.5 Å². The largest absolute Gasteiger partial charge is 0.454 e. The van der Waals surface area contributed by atoms with Crippen molar-refractivity contribution in [2.75, 3.05) is 6.54 Å². The number of hydrogen-bond acceptors (Lipinski definition) is 3. The van der Waals surface area contributed by atoms with Gasteiger partial charge in [-0.05, 0) is 31.5 Å². The predicted molar refractivity (Wildman–Crippen MR) is 86.0 cm³/mol. The molecule has 0 radical (unpaired) electrons. The molecule has 0 aliphatic rings. The quantitative estimate of drug-likeness (QED) is 0.837. The van der Waals surface area contributed by atoms with Crippen LogP contribution >= 0.6 is 11.6 Å². The fourth-order valence-electron chi connectivity index (χ4n) is 1.99. The average Bonchev–Trinajstić information content (AvgIpc) is 2.89. The fraction of sp³-hybridized carbons (Fsp3) is 0.438. The molecule has 21 heavy (non-hydrogen) atoms. The van der Waals surface area contributed by atoms with Crippen LogP contribution in [0.1, 0.15) is 26.3 Å². The fourth-order valence-corrected chi connectivity index (χ4v) is 2.22. The first-order valence-electron chi connectivity index (χ1n) is 7.28. The van der Waals surface area contributed by atoms with Crippen molar-refractivity contribution in [1.82, 2.24) is 15.1 Å². The summed E-state index contributed by atoms with van der Waals surface area (Å²) in [5.74, 6) is 2.10. The van der Waals surface area contributed by atoms with Crippen LogP contribution in [0.4, 0.5) is 0 Å². The van der Waals surface area contributed by atoms with Gasteiger partial charge in [-0.25, -0.2) is 0 Å². The van der Waals surface area contributed by atoms with Crippen molar-refractivity contribution in [3.63, 3.8) is 0 Å². The molecule has 0 saturated heterocycles. The molecule has 1 aromatic heterocycles. The van der Waals surface area contributed by atoms with E-state index in [1.165, 1.54) is 0 Å². The van der Waals surface area contributed by atoms with Gasteiger partial charge in [-0.15, -0.1) is 0 Å². The molecule has 114 valence electrons. The van der Waals surface area contributed by atoms with Gasteiger partial charge in [0.25, 0.3) is 0 Å². The molecule has 0 atom stereocenters. The summed E-state index contributed by atoms with van der Waals surface area (Å²) < 4.78 is 7.75. The van der Waals surface area contributed by atoms with Crippen molar-refractivity contribution in [1.29, 1.82) is 0 Å². The van der Waals surface area contributed by atoms with E-state index >= 15 is 0 Å². The third-order valence-electron chi connectivity index (χ3n) is 3.09. The first kappa shape index (κ1) is 15.9. The van der Waals surface area contributed by atoms with Crippen LogP contribution in [0, 0.1) is 5.92 Å². The lowest BCUT2D eigenvalue weighted by Gasteiger charge is -2.13. The van der Waals surface area contributed by atoms with Gasteiger partial charge in [0.05, 0.1) is 12.4 Å². The molecule has 0 spiro atoms. The van der Waals surface area contributed by atoms with E-state index in [-0.39, 0.29) is 0 Å². The summed E-state index contributed by atoms with van der Waals surface area (Å²) in [6.45, 7) is 8.85. The summed E-state index contributed by atoms with van der Waals surface area (Å²) in [6, 6.07) is 5.71. The molecule has 0 aliphatic heterocycles. The number of nitrogens with zero attached hydrogens (tertiary/aromatic N) is 2. The highest BCUT2D eigenvalue weighted by atomic mass is 35.5. The number of aryl methyl sites for hydroxylation is 1. The molecule has 0 bridgehead atoms. The average molecular weight is 308 g/mol. The Kier molecular flexibility index (Phi) is 5.65. The zero-order valence-corrected chi connectivity index (χ0v) is 13.5. The Labute approximate surface area is 131 Å². The summed E-state index contributed by atoms with van der Waals surface area (Å²) in [5, 5.41) is 8.33. The summed E-state index contributed by atoms with van der Waals surface area (Å²) in [6.07, 6.45) is 3.60. The second-order valence-electron chi connectivity index (χ2n) is 5.38. The number of ether oxygens (including phenoxy) is 1. The molecule has 0 saturated carbocycles. The van der Waals surface area contributed by atoms with Gasteiger partial charge >= 0.3 is 0 Å². The minimum absolute atomic E-state index is 0.597. The van der Waals surface area contributed by atoms with E-state index in [4.69, 9.17) is 16.3 Å². The predicted octanol–water partition coefficient (Wildman–Crippen LogP) is 4.09. The molecule has 0 unspecified atom stereocenters. The smallest absolute Gasteiger partial charge is 0.165 e. The number of aromatic nitrogens is 2. The van der Waals surface area contributed by atoms with Gasteiger partial charge in [0.2, 0.25) is 0 Å². The zero-order chi connectivity index (χ0) is 15.2. The van der Waals surface area contributed by atoms with Crippen LogP contribution in [0.3, 0.4) is 0 Å². The molecule has 4 nitrogen and oxygen atoms in total. The molecular formula is C16H22ClN3O. The van der Waals surface area contributed by atoms with Crippen LogP contribution in [0.15, 0.2) is 30.6 Å². The van der Waals surface area contributed by atoms with Gasteiger partial charge in [0.1, 0.15) is 5.75 Å². The molecule has 0 amide bonds. The Morgan fingerprint density at radius 2 is 2.19 bits per heavy atom. The monoisotopic (exact) mass is 307 g/mol. The van der Waals surface area contributed by atoms with Crippen LogP contribution in [0.5, 0.6) is 11.5 Å². The van der Waals surface area contributed by atoms with Gasteiger partial charge < -0.3 is 10.1 Å². The van der Waals surface area contributed by atoms with E-state index in [0.717, 1.165) is 30.2 Å². The van der Waals surface area contributed by atoms with Crippen molar-refractivity contribution in [3.05, 3.63) is 41.2 Å². The van der Waals surface area contributed by atoms with Gasteiger partial charge in [0.15, 0.2) is 5.75 Å². The van der Waals surface area contributed by atoms with Crippen LogP contribution in [0.25, 0.3) is 0 Å². The van der Waals surface area contributed by atoms with E-state index in [2.05, 4.69) is 24.3 Å². The molecule has 1 N–H and O–H groups in total. The lowest BCUT2D eigenvalue weighted by molar-refractivity contribution is 0.468. The highest BCUT2D eigenvalue weighted by Crippen LogP contribution is 2.30. The first-order valence-corrected chi connectivity index (χ1v) is 7.66. The Morgan fingerprint density at radius 1 is 1.38 bits per heavy atom. The minimum Gasteiger partial charge on any atom is -0.454 e. The normalized spacial score (nSPS) is 11.1. The molecule has 1 heterocycles. The van der Waals surface area contributed by atoms with Crippen LogP contribution in [-0.4, -0.2) is 16.3 Å². The van der Waals surface area contributed by atoms with Gasteiger partial charge in [0, 0.05) is 23.7 Å². The number of nitrogens with one attached hydrogen (secondary N) is 1. The summed E-state index contributed by atoms with van der Waals surface area (Å²) in [5.41, 5.74) is 0.976. The van der Waals surface area contributed by atoms with E-state index in [1.54, 1.807) is 6.20 Å². The molecule has 2 rings (SSSR count).